The summed E-state index contributed by atoms with van der Waals surface area (Å²) in [5, 5.41) is 23.2. The zero-order valence-electron chi connectivity index (χ0n) is 14.6. The number of rotatable bonds is 5. The molecule has 8 nitrogen and oxygen atoms in total. The molecule has 0 saturated heterocycles. The first-order chi connectivity index (χ1) is 12.4. The van der Waals surface area contributed by atoms with Crippen molar-refractivity contribution >= 4 is 11.9 Å². The number of aryl methyl sites for hydroxylation is 3. The normalized spacial score (nSPS) is 12.0. The lowest BCUT2D eigenvalue weighted by atomic mass is 10.0. The Bertz CT molecular complexity index is 939. The highest BCUT2D eigenvalue weighted by Crippen LogP contribution is 2.22. The largest absolute Gasteiger partial charge is 0.479 e. The predicted molar refractivity (Wildman–Crippen MR) is 94.5 cm³/mol. The lowest BCUT2D eigenvalue weighted by Crippen LogP contribution is -2.35. The third kappa shape index (κ3) is 3.21. The Balaban J connectivity index is 1.90. The van der Waals surface area contributed by atoms with E-state index in [0.29, 0.717) is 22.6 Å². The topological polar surface area (TPSA) is 113 Å². The highest BCUT2D eigenvalue weighted by molar-refractivity contribution is 5.96. The summed E-state index contributed by atoms with van der Waals surface area (Å²) in [5.41, 5.74) is 3.37. The van der Waals surface area contributed by atoms with Crippen molar-refractivity contribution in [1.82, 2.24) is 25.3 Å². The Kier molecular flexibility index (Phi) is 4.57. The van der Waals surface area contributed by atoms with Crippen LogP contribution in [0.1, 0.15) is 33.5 Å². The van der Waals surface area contributed by atoms with Gasteiger partial charge in [-0.15, -0.1) is 0 Å². The lowest BCUT2D eigenvalue weighted by Gasteiger charge is -2.15. The molecule has 8 heteroatoms. The molecule has 1 atom stereocenters. The van der Waals surface area contributed by atoms with Crippen molar-refractivity contribution in [2.45, 2.75) is 19.9 Å². The highest BCUT2D eigenvalue weighted by atomic mass is 16.4. The van der Waals surface area contributed by atoms with E-state index in [-0.39, 0.29) is 5.69 Å². The fraction of sp³-hybridized carbons (Fsp3) is 0.222. The van der Waals surface area contributed by atoms with E-state index in [0.717, 1.165) is 5.56 Å². The first-order valence-corrected chi connectivity index (χ1v) is 8.03. The van der Waals surface area contributed by atoms with Crippen LogP contribution in [0.3, 0.4) is 0 Å². The molecule has 3 rings (SSSR count). The van der Waals surface area contributed by atoms with Crippen LogP contribution in [0.5, 0.6) is 0 Å². The van der Waals surface area contributed by atoms with Gasteiger partial charge in [0.25, 0.3) is 5.91 Å². The summed E-state index contributed by atoms with van der Waals surface area (Å²) < 4.78 is 1.44. The number of carboxylic acid groups (broad SMARTS) is 1. The number of hydrogen-bond donors (Lipinski definition) is 3. The molecule has 3 aromatic rings. The van der Waals surface area contributed by atoms with E-state index in [9.17, 15) is 14.7 Å². The van der Waals surface area contributed by atoms with Crippen LogP contribution in [0, 0.1) is 13.8 Å². The molecule has 0 bridgehead atoms. The Labute approximate surface area is 149 Å². The molecule has 0 unspecified atom stereocenters. The first-order valence-electron chi connectivity index (χ1n) is 8.03. The smallest absolute Gasteiger partial charge is 0.331 e. The molecule has 134 valence electrons. The number of aliphatic carboxylic acids is 1. The SMILES string of the molecule is Cc1n[nH]c(C)c1[C@@H](NC(=O)c1cc(-c2ccccc2)nn1C)C(=O)O. The van der Waals surface area contributed by atoms with Gasteiger partial charge in [0.05, 0.1) is 11.4 Å². The van der Waals surface area contributed by atoms with Gasteiger partial charge in [0.2, 0.25) is 0 Å². The average molecular weight is 353 g/mol. The molecule has 0 fully saturated rings. The maximum atomic E-state index is 12.7. The second-order valence-corrected chi connectivity index (χ2v) is 6.00. The second kappa shape index (κ2) is 6.83. The number of carbonyl (C=O) groups is 2. The van der Waals surface area contributed by atoms with E-state index >= 15 is 0 Å². The van der Waals surface area contributed by atoms with Gasteiger partial charge in [-0.25, -0.2) is 4.79 Å². The third-order valence-corrected chi connectivity index (χ3v) is 4.18. The quantitative estimate of drug-likeness (QED) is 0.649. The van der Waals surface area contributed by atoms with Crippen molar-refractivity contribution in [2.75, 3.05) is 0 Å². The number of aromatic amines is 1. The minimum Gasteiger partial charge on any atom is -0.479 e. The van der Waals surface area contributed by atoms with E-state index in [1.807, 2.05) is 30.3 Å². The average Bonchev–Trinajstić information content (AvgIpc) is 3.16. The fourth-order valence-corrected chi connectivity index (χ4v) is 2.88. The van der Waals surface area contributed by atoms with Crippen molar-refractivity contribution in [3.8, 4) is 11.3 Å². The van der Waals surface area contributed by atoms with Crippen LogP contribution >= 0.6 is 0 Å². The Morgan fingerprint density at radius 1 is 1.23 bits per heavy atom. The molecular weight excluding hydrogens is 334 g/mol. The molecule has 3 N–H and O–H groups in total. The monoisotopic (exact) mass is 353 g/mol. The predicted octanol–water partition coefficient (Wildman–Crippen LogP) is 1.98. The summed E-state index contributed by atoms with van der Waals surface area (Å²) in [6.45, 7) is 3.41. The van der Waals surface area contributed by atoms with Crippen LogP contribution in [0.4, 0.5) is 0 Å². The van der Waals surface area contributed by atoms with Gasteiger partial charge in [0.15, 0.2) is 6.04 Å². The zero-order valence-corrected chi connectivity index (χ0v) is 14.6. The van der Waals surface area contributed by atoms with Crippen LogP contribution in [-0.4, -0.2) is 37.0 Å². The summed E-state index contributed by atoms with van der Waals surface area (Å²) in [5.74, 6) is -1.68. The van der Waals surface area contributed by atoms with E-state index in [2.05, 4.69) is 20.6 Å². The fourth-order valence-electron chi connectivity index (χ4n) is 2.88. The molecule has 2 aromatic heterocycles. The molecule has 1 amide bonds. The van der Waals surface area contributed by atoms with Crippen molar-refractivity contribution in [2.24, 2.45) is 7.05 Å². The minimum absolute atomic E-state index is 0.272. The van der Waals surface area contributed by atoms with Gasteiger partial charge in [-0.3, -0.25) is 14.6 Å². The molecule has 0 aliphatic rings. The zero-order chi connectivity index (χ0) is 18.8. The summed E-state index contributed by atoms with van der Waals surface area (Å²) in [4.78, 5) is 24.4. The molecule has 0 aliphatic heterocycles. The van der Waals surface area contributed by atoms with E-state index in [1.165, 1.54) is 4.68 Å². The number of nitrogens with zero attached hydrogens (tertiary/aromatic N) is 3. The van der Waals surface area contributed by atoms with Gasteiger partial charge in [0.1, 0.15) is 5.69 Å². The van der Waals surface area contributed by atoms with Gasteiger partial charge < -0.3 is 10.4 Å². The van der Waals surface area contributed by atoms with Gasteiger partial charge >= 0.3 is 5.97 Å². The molecule has 26 heavy (non-hydrogen) atoms. The number of nitrogens with one attached hydrogen (secondary N) is 2. The second-order valence-electron chi connectivity index (χ2n) is 6.00. The van der Waals surface area contributed by atoms with Crippen LogP contribution in [0.15, 0.2) is 36.4 Å². The summed E-state index contributed by atoms with van der Waals surface area (Å²) in [6.07, 6.45) is 0. The lowest BCUT2D eigenvalue weighted by molar-refractivity contribution is -0.139. The van der Waals surface area contributed by atoms with Crippen molar-refractivity contribution in [3.63, 3.8) is 0 Å². The molecule has 1 aromatic carbocycles. The molecule has 0 radical (unpaired) electrons. The van der Waals surface area contributed by atoms with E-state index in [4.69, 9.17) is 0 Å². The van der Waals surface area contributed by atoms with Crippen molar-refractivity contribution in [1.29, 1.82) is 0 Å². The number of H-pyrrole nitrogens is 1. The minimum atomic E-state index is -1.20. The van der Waals surface area contributed by atoms with Crippen LogP contribution < -0.4 is 5.32 Å². The van der Waals surface area contributed by atoms with Gasteiger partial charge in [0, 0.05) is 23.9 Å². The molecule has 0 spiro atoms. The molecular formula is C18H19N5O3. The third-order valence-electron chi connectivity index (χ3n) is 4.18. The van der Waals surface area contributed by atoms with E-state index < -0.39 is 17.9 Å². The maximum Gasteiger partial charge on any atom is 0.331 e. The highest BCUT2D eigenvalue weighted by Gasteiger charge is 2.28. The standard InChI is InChI=1S/C18H19N5O3/c1-10-15(11(2)21-20-10)16(18(25)26)19-17(24)14-9-13(22-23(14)3)12-7-5-4-6-8-12/h4-9,16H,1-3H3,(H,19,24)(H,20,21)(H,25,26)/t16-/m1/s1. The summed E-state index contributed by atoms with van der Waals surface area (Å²) in [6, 6.07) is 9.89. The van der Waals surface area contributed by atoms with Gasteiger partial charge in [-0.2, -0.15) is 10.2 Å². The molecule has 2 heterocycles. The Hall–Kier alpha value is -3.42. The van der Waals surface area contributed by atoms with Gasteiger partial charge in [-0.05, 0) is 19.9 Å². The van der Waals surface area contributed by atoms with Crippen molar-refractivity contribution in [3.05, 3.63) is 59.0 Å². The molecule has 0 aliphatic carbocycles. The van der Waals surface area contributed by atoms with Crippen LogP contribution in [-0.2, 0) is 11.8 Å². The number of carbonyl (C=O) groups excluding carboxylic acids is 1. The number of benzene rings is 1. The van der Waals surface area contributed by atoms with Gasteiger partial charge in [-0.1, -0.05) is 30.3 Å². The van der Waals surface area contributed by atoms with Crippen LogP contribution in [0.2, 0.25) is 0 Å². The summed E-state index contributed by atoms with van der Waals surface area (Å²) in [7, 11) is 1.64. The summed E-state index contributed by atoms with van der Waals surface area (Å²) >= 11 is 0. The Morgan fingerprint density at radius 3 is 2.50 bits per heavy atom. The number of carboxylic acids is 1. The number of hydrogen-bond acceptors (Lipinski definition) is 4. The number of aromatic nitrogens is 4. The first kappa shape index (κ1) is 17.4. The van der Waals surface area contributed by atoms with Crippen molar-refractivity contribution < 1.29 is 14.7 Å². The van der Waals surface area contributed by atoms with E-state index in [1.54, 1.807) is 27.0 Å². The number of amides is 1. The maximum absolute atomic E-state index is 12.7. The Morgan fingerprint density at radius 2 is 1.92 bits per heavy atom. The van der Waals surface area contributed by atoms with Crippen LogP contribution in [0.25, 0.3) is 11.3 Å². The molecule has 0 saturated carbocycles.